The van der Waals surface area contributed by atoms with Crippen LogP contribution in [-0.2, 0) is 17.6 Å². The summed E-state index contributed by atoms with van der Waals surface area (Å²) in [7, 11) is 0. The zero-order valence-electron chi connectivity index (χ0n) is 10.5. The highest BCUT2D eigenvalue weighted by Crippen LogP contribution is 2.26. The van der Waals surface area contributed by atoms with Crippen LogP contribution in [0.25, 0.3) is 0 Å². The molecule has 3 heteroatoms. The standard InChI is InChI=1S/C14H19NO2/c1-3-15(4-2)14(16)10-11-5-6-13-12(9-11)7-8-17-13/h5-6,9H,3-4,7-8,10H2,1-2H3. The lowest BCUT2D eigenvalue weighted by Gasteiger charge is -2.18. The summed E-state index contributed by atoms with van der Waals surface area (Å²) in [5.74, 6) is 1.18. The van der Waals surface area contributed by atoms with Crippen LogP contribution < -0.4 is 4.74 Å². The third-order valence-corrected chi connectivity index (χ3v) is 3.23. The van der Waals surface area contributed by atoms with E-state index in [1.807, 2.05) is 30.9 Å². The Hall–Kier alpha value is -1.51. The first-order valence-corrected chi connectivity index (χ1v) is 6.27. The largest absolute Gasteiger partial charge is 0.493 e. The van der Waals surface area contributed by atoms with Gasteiger partial charge in [0.1, 0.15) is 5.75 Å². The molecule has 2 rings (SSSR count). The fraction of sp³-hybridized carbons (Fsp3) is 0.500. The van der Waals surface area contributed by atoms with Gasteiger partial charge in [0.2, 0.25) is 5.91 Å². The number of carbonyl (C=O) groups is 1. The van der Waals surface area contributed by atoms with Gasteiger partial charge < -0.3 is 9.64 Å². The predicted molar refractivity (Wildman–Crippen MR) is 67.3 cm³/mol. The van der Waals surface area contributed by atoms with Gasteiger partial charge in [-0.25, -0.2) is 0 Å². The molecule has 1 aromatic rings. The predicted octanol–water partition coefficient (Wildman–Crippen LogP) is 2.03. The minimum Gasteiger partial charge on any atom is -0.493 e. The Labute approximate surface area is 102 Å². The summed E-state index contributed by atoms with van der Waals surface area (Å²) in [4.78, 5) is 13.8. The third kappa shape index (κ3) is 2.60. The Morgan fingerprint density at radius 2 is 2.12 bits per heavy atom. The number of fused-ring (bicyclic) bond motifs is 1. The molecule has 0 spiro atoms. The van der Waals surface area contributed by atoms with Gasteiger partial charge in [-0.15, -0.1) is 0 Å². The van der Waals surface area contributed by atoms with Gasteiger partial charge in [-0.1, -0.05) is 12.1 Å². The van der Waals surface area contributed by atoms with Crippen LogP contribution >= 0.6 is 0 Å². The number of benzene rings is 1. The molecule has 0 N–H and O–H groups in total. The quantitative estimate of drug-likeness (QED) is 0.796. The number of carbonyl (C=O) groups excluding carboxylic acids is 1. The van der Waals surface area contributed by atoms with Crippen molar-refractivity contribution in [2.45, 2.75) is 26.7 Å². The molecule has 0 aliphatic carbocycles. The molecule has 0 bridgehead atoms. The van der Waals surface area contributed by atoms with Crippen LogP contribution in [0.1, 0.15) is 25.0 Å². The van der Waals surface area contributed by atoms with E-state index in [-0.39, 0.29) is 5.91 Å². The van der Waals surface area contributed by atoms with E-state index in [9.17, 15) is 4.79 Å². The summed E-state index contributed by atoms with van der Waals surface area (Å²) < 4.78 is 5.45. The Morgan fingerprint density at radius 3 is 2.82 bits per heavy atom. The first-order valence-electron chi connectivity index (χ1n) is 6.27. The molecule has 1 aliphatic heterocycles. The van der Waals surface area contributed by atoms with E-state index >= 15 is 0 Å². The Balaban J connectivity index is 2.06. The molecule has 1 aromatic carbocycles. The molecule has 0 atom stereocenters. The molecule has 17 heavy (non-hydrogen) atoms. The Kier molecular flexibility index (Phi) is 3.67. The maximum Gasteiger partial charge on any atom is 0.226 e. The molecule has 0 unspecified atom stereocenters. The average Bonchev–Trinajstić information content (AvgIpc) is 2.77. The molecule has 0 aromatic heterocycles. The average molecular weight is 233 g/mol. The number of hydrogen-bond donors (Lipinski definition) is 0. The molecule has 0 saturated carbocycles. The molecule has 1 heterocycles. The number of amides is 1. The summed E-state index contributed by atoms with van der Waals surface area (Å²) in [6.07, 6.45) is 1.46. The highest BCUT2D eigenvalue weighted by atomic mass is 16.5. The molecule has 1 amide bonds. The second kappa shape index (κ2) is 5.21. The van der Waals surface area contributed by atoms with E-state index in [0.717, 1.165) is 37.4 Å². The lowest BCUT2D eigenvalue weighted by Crippen LogP contribution is -2.31. The Morgan fingerprint density at radius 1 is 1.35 bits per heavy atom. The fourth-order valence-corrected chi connectivity index (χ4v) is 2.21. The van der Waals surface area contributed by atoms with Crippen molar-refractivity contribution in [3.8, 4) is 5.75 Å². The van der Waals surface area contributed by atoms with E-state index in [2.05, 4.69) is 6.07 Å². The summed E-state index contributed by atoms with van der Waals surface area (Å²) in [6.45, 7) is 6.35. The lowest BCUT2D eigenvalue weighted by molar-refractivity contribution is -0.130. The van der Waals surface area contributed by atoms with Crippen molar-refractivity contribution in [2.24, 2.45) is 0 Å². The summed E-state index contributed by atoms with van der Waals surface area (Å²) >= 11 is 0. The van der Waals surface area contributed by atoms with Crippen molar-refractivity contribution >= 4 is 5.91 Å². The van der Waals surface area contributed by atoms with Crippen LogP contribution in [0.4, 0.5) is 0 Å². The molecular weight excluding hydrogens is 214 g/mol. The van der Waals surface area contributed by atoms with Gasteiger partial charge in [-0.3, -0.25) is 4.79 Å². The van der Waals surface area contributed by atoms with Crippen LogP contribution in [0, 0.1) is 0 Å². The first kappa shape index (κ1) is 12.0. The van der Waals surface area contributed by atoms with Crippen LogP contribution in [0.5, 0.6) is 5.75 Å². The molecule has 0 fully saturated rings. The van der Waals surface area contributed by atoms with Gasteiger partial charge in [0.25, 0.3) is 0 Å². The molecule has 0 radical (unpaired) electrons. The van der Waals surface area contributed by atoms with Gasteiger partial charge in [-0.2, -0.15) is 0 Å². The van der Waals surface area contributed by atoms with E-state index in [0.29, 0.717) is 6.42 Å². The minimum atomic E-state index is 0.203. The maximum atomic E-state index is 12.0. The second-order valence-corrected chi connectivity index (χ2v) is 4.28. The molecule has 0 saturated heterocycles. The first-order chi connectivity index (χ1) is 8.24. The number of hydrogen-bond acceptors (Lipinski definition) is 2. The van der Waals surface area contributed by atoms with Gasteiger partial charge >= 0.3 is 0 Å². The van der Waals surface area contributed by atoms with Crippen LogP contribution in [0.15, 0.2) is 18.2 Å². The van der Waals surface area contributed by atoms with Crippen LogP contribution in [-0.4, -0.2) is 30.5 Å². The maximum absolute atomic E-state index is 12.0. The molecular formula is C14H19NO2. The van der Waals surface area contributed by atoms with Crippen molar-refractivity contribution in [2.75, 3.05) is 19.7 Å². The fourth-order valence-electron chi connectivity index (χ4n) is 2.21. The van der Waals surface area contributed by atoms with E-state index in [1.165, 1.54) is 5.56 Å². The van der Waals surface area contributed by atoms with Gasteiger partial charge in [0.15, 0.2) is 0 Å². The highest BCUT2D eigenvalue weighted by molar-refractivity contribution is 5.78. The van der Waals surface area contributed by atoms with E-state index < -0.39 is 0 Å². The van der Waals surface area contributed by atoms with Gasteiger partial charge in [-0.05, 0) is 31.0 Å². The number of nitrogens with zero attached hydrogens (tertiary/aromatic N) is 1. The van der Waals surface area contributed by atoms with Crippen LogP contribution in [0.3, 0.4) is 0 Å². The van der Waals surface area contributed by atoms with Crippen LogP contribution in [0.2, 0.25) is 0 Å². The van der Waals surface area contributed by atoms with E-state index in [4.69, 9.17) is 4.74 Å². The number of rotatable bonds is 4. The number of ether oxygens (including phenoxy) is 1. The summed E-state index contributed by atoms with van der Waals surface area (Å²) in [5.41, 5.74) is 2.32. The van der Waals surface area contributed by atoms with Gasteiger partial charge in [0, 0.05) is 19.5 Å². The molecule has 3 nitrogen and oxygen atoms in total. The number of likely N-dealkylation sites (N-methyl/N-ethyl adjacent to an activating group) is 1. The third-order valence-electron chi connectivity index (χ3n) is 3.23. The normalized spacial score (nSPS) is 13.1. The smallest absolute Gasteiger partial charge is 0.226 e. The lowest BCUT2D eigenvalue weighted by atomic mass is 10.1. The Bertz CT molecular complexity index is 411. The SMILES string of the molecule is CCN(CC)C(=O)Cc1ccc2c(c1)CCO2. The highest BCUT2D eigenvalue weighted by Gasteiger charge is 2.15. The van der Waals surface area contributed by atoms with Crippen molar-refractivity contribution in [1.29, 1.82) is 0 Å². The second-order valence-electron chi connectivity index (χ2n) is 4.28. The monoisotopic (exact) mass is 233 g/mol. The summed E-state index contributed by atoms with van der Waals surface area (Å²) in [6, 6.07) is 6.07. The molecule has 92 valence electrons. The van der Waals surface area contributed by atoms with Crippen molar-refractivity contribution in [1.82, 2.24) is 4.90 Å². The summed E-state index contributed by atoms with van der Waals surface area (Å²) in [5, 5.41) is 0. The topological polar surface area (TPSA) is 29.5 Å². The van der Waals surface area contributed by atoms with Crippen molar-refractivity contribution < 1.29 is 9.53 Å². The van der Waals surface area contributed by atoms with Crippen molar-refractivity contribution in [3.05, 3.63) is 29.3 Å². The zero-order valence-corrected chi connectivity index (χ0v) is 10.5. The van der Waals surface area contributed by atoms with E-state index in [1.54, 1.807) is 0 Å². The van der Waals surface area contributed by atoms with Crippen molar-refractivity contribution in [3.63, 3.8) is 0 Å². The zero-order chi connectivity index (χ0) is 12.3. The molecule has 1 aliphatic rings. The van der Waals surface area contributed by atoms with Gasteiger partial charge in [0.05, 0.1) is 13.0 Å². The minimum absolute atomic E-state index is 0.203.